The van der Waals surface area contributed by atoms with Gasteiger partial charge in [-0.05, 0) is 25.5 Å². The maximum absolute atomic E-state index is 11.7. The van der Waals surface area contributed by atoms with Gasteiger partial charge in [0.1, 0.15) is 0 Å². The van der Waals surface area contributed by atoms with Gasteiger partial charge in [0, 0.05) is 13.0 Å². The van der Waals surface area contributed by atoms with Gasteiger partial charge in [0.05, 0.1) is 9.88 Å². The van der Waals surface area contributed by atoms with Gasteiger partial charge in [-0.2, -0.15) is 0 Å². The zero-order valence-electron chi connectivity index (χ0n) is 9.66. The quantitative estimate of drug-likeness (QED) is 0.848. The number of anilines is 1. The van der Waals surface area contributed by atoms with E-state index in [2.05, 4.69) is 10.6 Å². The van der Waals surface area contributed by atoms with E-state index in [1.54, 1.807) is 12.1 Å². The predicted octanol–water partition coefficient (Wildman–Crippen LogP) is 2.23. The van der Waals surface area contributed by atoms with Gasteiger partial charge in [-0.1, -0.05) is 6.92 Å². The Morgan fingerprint density at radius 1 is 1.44 bits per heavy atom. The van der Waals surface area contributed by atoms with Crippen molar-refractivity contribution in [3.63, 3.8) is 0 Å². The fourth-order valence-electron chi connectivity index (χ4n) is 1.10. The summed E-state index contributed by atoms with van der Waals surface area (Å²) in [6.07, 6.45) is 0.898. The van der Waals surface area contributed by atoms with E-state index in [0.717, 1.165) is 6.42 Å². The lowest BCUT2D eigenvalue weighted by Crippen LogP contribution is -2.31. The summed E-state index contributed by atoms with van der Waals surface area (Å²) >= 11 is 1.28. The molecule has 1 atom stereocenters. The van der Waals surface area contributed by atoms with Crippen LogP contribution in [0.4, 0.5) is 5.00 Å². The Balaban J connectivity index is 2.63. The van der Waals surface area contributed by atoms with Crippen LogP contribution < -0.4 is 10.6 Å². The van der Waals surface area contributed by atoms with E-state index in [1.807, 2.05) is 13.8 Å². The Labute approximate surface area is 99.0 Å². The smallest absolute Gasteiger partial charge is 0.261 e. The van der Waals surface area contributed by atoms with Crippen molar-refractivity contribution in [1.82, 2.24) is 5.32 Å². The van der Waals surface area contributed by atoms with E-state index < -0.39 is 0 Å². The molecule has 5 heteroatoms. The first kappa shape index (κ1) is 12.7. The van der Waals surface area contributed by atoms with Gasteiger partial charge in [-0.3, -0.25) is 9.59 Å². The van der Waals surface area contributed by atoms with Crippen molar-refractivity contribution in [3.05, 3.63) is 17.0 Å². The number of hydrogen-bond acceptors (Lipinski definition) is 3. The van der Waals surface area contributed by atoms with Gasteiger partial charge in [-0.25, -0.2) is 0 Å². The van der Waals surface area contributed by atoms with Gasteiger partial charge in [0.15, 0.2) is 0 Å². The molecule has 4 nitrogen and oxygen atoms in total. The van der Waals surface area contributed by atoms with E-state index in [1.165, 1.54) is 18.3 Å². The van der Waals surface area contributed by atoms with Crippen molar-refractivity contribution in [2.24, 2.45) is 0 Å². The van der Waals surface area contributed by atoms with Crippen LogP contribution in [0.25, 0.3) is 0 Å². The number of carbonyl (C=O) groups excluding carboxylic acids is 2. The fourth-order valence-corrected chi connectivity index (χ4v) is 1.95. The molecule has 0 saturated carbocycles. The topological polar surface area (TPSA) is 58.2 Å². The molecule has 0 aliphatic carbocycles. The van der Waals surface area contributed by atoms with Crippen molar-refractivity contribution < 1.29 is 9.59 Å². The maximum Gasteiger partial charge on any atom is 0.261 e. The van der Waals surface area contributed by atoms with E-state index in [0.29, 0.717) is 9.88 Å². The number of thiophene rings is 1. The minimum Gasteiger partial charge on any atom is -0.349 e. The van der Waals surface area contributed by atoms with Crippen LogP contribution in [0.1, 0.15) is 36.9 Å². The Morgan fingerprint density at radius 3 is 2.69 bits per heavy atom. The largest absolute Gasteiger partial charge is 0.349 e. The van der Waals surface area contributed by atoms with Crippen LogP contribution in [0.3, 0.4) is 0 Å². The third kappa shape index (κ3) is 3.66. The molecular weight excluding hydrogens is 224 g/mol. The molecule has 0 radical (unpaired) electrons. The molecule has 0 saturated heterocycles. The van der Waals surface area contributed by atoms with Crippen molar-refractivity contribution in [2.75, 3.05) is 5.32 Å². The molecule has 1 heterocycles. The molecule has 2 N–H and O–H groups in total. The minimum absolute atomic E-state index is 0.0871. The lowest BCUT2D eigenvalue weighted by atomic mass is 10.2. The standard InChI is InChI=1S/C11H16N2O2S/c1-4-7(2)12-11(15)9-5-6-10(16-9)13-8(3)14/h5-7H,4H2,1-3H3,(H,12,15)(H,13,14). The second kappa shape index (κ2) is 5.65. The van der Waals surface area contributed by atoms with Crippen LogP contribution >= 0.6 is 11.3 Å². The maximum atomic E-state index is 11.7. The molecule has 1 aromatic rings. The SMILES string of the molecule is CCC(C)NC(=O)c1ccc(NC(C)=O)s1. The molecule has 88 valence electrons. The van der Waals surface area contributed by atoms with Crippen molar-refractivity contribution in [1.29, 1.82) is 0 Å². The zero-order valence-corrected chi connectivity index (χ0v) is 10.5. The lowest BCUT2D eigenvalue weighted by Gasteiger charge is -2.09. The lowest BCUT2D eigenvalue weighted by molar-refractivity contribution is -0.114. The van der Waals surface area contributed by atoms with Crippen molar-refractivity contribution >= 4 is 28.2 Å². The summed E-state index contributed by atoms with van der Waals surface area (Å²) < 4.78 is 0. The van der Waals surface area contributed by atoms with Gasteiger partial charge in [0.25, 0.3) is 5.91 Å². The third-order valence-electron chi connectivity index (χ3n) is 2.12. The average molecular weight is 240 g/mol. The Morgan fingerprint density at radius 2 is 2.12 bits per heavy atom. The molecule has 1 unspecified atom stereocenters. The molecule has 0 aromatic carbocycles. The van der Waals surface area contributed by atoms with Crippen LogP contribution in [0.15, 0.2) is 12.1 Å². The highest BCUT2D eigenvalue weighted by Crippen LogP contribution is 2.21. The molecule has 0 bridgehead atoms. The monoisotopic (exact) mass is 240 g/mol. The molecule has 1 rings (SSSR count). The number of carbonyl (C=O) groups is 2. The van der Waals surface area contributed by atoms with Crippen LogP contribution in [0, 0.1) is 0 Å². The van der Waals surface area contributed by atoms with Gasteiger partial charge < -0.3 is 10.6 Å². The Hall–Kier alpha value is -1.36. The van der Waals surface area contributed by atoms with E-state index in [4.69, 9.17) is 0 Å². The van der Waals surface area contributed by atoms with Gasteiger partial charge in [0.2, 0.25) is 5.91 Å². The summed E-state index contributed by atoms with van der Waals surface area (Å²) in [5.41, 5.74) is 0. The Kier molecular flexibility index (Phi) is 4.49. The summed E-state index contributed by atoms with van der Waals surface area (Å²) in [5.74, 6) is -0.216. The third-order valence-corrected chi connectivity index (χ3v) is 3.12. The first-order valence-electron chi connectivity index (χ1n) is 5.21. The van der Waals surface area contributed by atoms with Crippen LogP contribution in [0.5, 0.6) is 0 Å². The second-order valence-corrected chi connectivity index (χ2v) is 4.71. The molecule has 0 fully saturated rings. The van der Waals surface area contributed by atoms with E-state index in [-0.39, 0.29) is 17.9 Å². The highest BCUT2D eigenvalue weighted by molar-refractivity contribution is 7.18. The molecular formula is C11H16N2O2S. The number of nitrogens with one attached hydrogen (secondary N) is 2. The van der Waals surface area contributed by atoms with E-state index in [9.17, 15) is 9.59 Å². The minimum atomic E-state index is -0.129. The first-order valence-corrected chi connectivity index (χ1v) is 6.03. The summed E-state index contributed by atoms with van der Waals surface area (Å²) in [4.78, 5) is 23.1. The fraction of sp³-hybridized carbons (Fsp3) is 0.455. The normalized spacial score (nSPS) is 11.9. The summed E-state index contributed by atoms with van der Waals surface area (Å²) in [6.45, 7) is 5.42. The van der Waals surface area contributed by atoms with Crippen LogP contribution in [0.2, 0.25) is 0 Å². The summed E-state index contributed by atoms with van der Waals surface area (Å²) in [7, 11) is 0. The van der Waals surface area contributed by atoms with Gasteiger partial charge in [-0.15, -0.1) is 11.3 Å². The van der Waals surface area contributed by atoms with E-state index >= 15 is 0 Å². The molecule has 16 heavy (non-hydrogen) atoms. The first-order chi connectivity index (χ1) is 7.52. The molecule has 2 amide bonds. The highest BCUT2D eigenvalue weighted by atomic mass is 32.1. The zero-order chi connectivity index (χ0) is 12.1. The van der Waals surface area contributed by atoms with Crippen LogP contribution in [-0.4, -0.2) is 17.9 Å². The van der Waals surface area contributed by atoms with Crippen molar-refractivity contribution in [2.45, 2.75) is 33.2 Å². The average Bonchev–Trinajstić information content (AvgIpc) is 2.65. The number of amides is 2. The highest BCUT2D eigenvalue weighted by Gasteiger charge is 2.11. The second-order valence-electron chi connectivity index (χ2n) is 3.63. The Bertz CT molecular complexity index is 387. The van der Waals surface area contributed by atoms with Gasteiger partial charge >= 0.3 is 0 Å². The van der Waals surface area contributed by atoms with Crippen LogP contribution in [-0.2, 0) is 4.79 Å². The molecule has 0 spiro atoms. The summed E-state index contributed by atoms with van der Waals surface area (Å²) in [5, 5.41) is 6.21. The number of rotatable bonds is 4. The summed E-state index contributed by atoms with van der Waals surface area (Å²) in [6, 6.07) is 3.62. The molecule has 0 aliphatic heterocycles. The van der Waals surface area contributed by atoms with Crippen molar-refractivity contribution in [3.8, 4) is 0 Å². The number of hydrogen-bond donors (Lipinski definition) is 2. The molecule has 1 aromatic heterocycles. The predicted molar refractivity (Wildman–Crippen MR) is 65.8 cm³/mol. The molecule has 0 aliphatic rings.